The molecule has 4 nitrogen and oxygen atoms in total. The smallest absolute Gasteiger partial charge is 0.210 e. The van der Waals surface area contributed by atoms with E-state index in [0.29, 0.717) is 27.7 Å². The van der Waals surface area contributed by atoms with Gasteiger partial charge in [-0.3, -0.25) is 4.79 Å². The average molecular weight is 278 g/mol. The number of hydrogen-bond acceptors (Lipinski definition) is 5. The molecule has 0 fully saturated rings. The van der Waals surface area contributed by atoms with Crippen molar-refractivity contribution in [3.8, 4) is 17.2 Å². The SMILES string of the molecule is COc1ccc(OC)c(C(=O)c2sccc2OC)c1. The molecule has 0 aliphatic rings. The van der Waals surface area contributed by atoms with Crippen molar-refractivity contribution >= 4 is 17.1 Å². The predicted octanol–water partition coefficient (Wildman–Crippen LogP) is 3.00. The van der Waals surface area contributed by atoms with Crippen LogP contribution in [0, 0.1) is 0 Å². The van der Waals surface area contributed by atoms with E-state index in [9.17, 15) is 4.79 Å². The Morgan fingerprint density at radius 1 is 1.00 bits per heavy atom. The third-order valence-electron chi connectivity index (χ3n) is 2.71. The number of ketones is 1. The van der Waals surface area contributed by atoms with E-state index in [1.807, 2.05) is 5.38 Å². The minimum Gasteiger partial charge on any atom is -0.497 e. The fourth-order valence-corrected chi connectivity index (χ4v) is 2.55. The minimum atomic E-state index is -0.136. The van der Waals surface area contributed by atoms with Crippen LogP contribution < -0.4 is 14.2 Å². The molecule has 2 aromatic rings. The van der Waals surface area contributed by atoms with Crippen LogP contribution in [0.2, 0.25) is 0 Å². The highest BCUT2D eigenvalue weighted by atomic mass is 32.1. The average Bonchev–Trinajstić information content (AvgIpc) is 2.94. The van der Waals surface area contributed by atoms with Gasteiger partial charge in [-0.05, 0) is 29.6 Å². The van der Waals surface area contributed by atoms with Gasteiger partial charge >= 0.3 is 0 Å². The van der Waals surface area contributed by atoms with Gasteiger partial charge in [-0.25, -0.2) is 0 Å². The van der Waals surface area contributed by atoms with Crippen LogP contribution >= 0.6 is 11.3 Å². The highest BCUT2D eigenvalue weighted by Crippen LogP contribution is 2.32. The van der Waals surface area contributed by atoms with Crippen LogP contribution in [0.1, 0.15) is 15.2 Å². The summed E-state index contributed by atoms with van der Waals surface area (Å²) < 4.78 is 15.5. The Labute approximate surface area is 115 Å². The molecule has 1 aromatic carbocycles. The van der Waals surface area contributed by atoms with Crippen molar-refractivity contribution < 1.29 is 19.0 Å². The summed E-state index contributed by atoms with van der Waals surface area (Å²) in [5.41, 5.74) is 0.461. The largest absolute Gasteiger partial charge is 0.497 e. The molecular weight excluding hydrogens is 264 g/mol. The molecule has 0 atom stereocenters. The van der Waals surface area contributed by atoms with E-state index in [-0.39, 0.29) is 5.78 Å². The standard InChI is InChI=1S/C14H14O4S/c1-16-9-4-5-11(17-2)10(8-9)13(15)14-12(18-3)6-7-19-14/h4-8H,1-3H3. The molecule has 0 bridgehead atoms. The van der Waals surface area contributed by atoms with Gasteiger partial charge in [0.05, 0.1) is 26.9 Å². The molecule has 0 unspecified atom stereocenters. The van der Waals surface area contributed by atoms with Gasteiger partial charge in [0.1, 0.15) is 22.1 Å². The topological polar surface area (TPSA) is 44.8 Å². The first-order valence-corrected chi connectivity index (χ1v) is 6.47. The van der Waals surface area contributed by atoms with Crippen molar-refractivity contribution in [1.29, 1.82) is 0 Å². The van der Waals surface area contributed by atoms with Crippen LogP contribution in [0.15, 0.2) is 29.6 Å². The maximum absolute atomic E-state index is 12.5. The summed E-state index contributed by atoms with van der Waals surface area (Å²) in [6, 6.07) is 6.90. The van der Waals surface area contributed by atoms with Crippen molar-refractivity contribution in [2.45, 2.75) is 0 Å². The van der Waals surface area contributed by atoms with Crippen LogP contribution in [0.25, 0.3) is 0 Å². The molecule has 5 heteroatoms. The first-order valence-electron chi connectivity index (χ1n) is 5.59. The Kier molecular flexibility index (Phi) is 4.06. The van der Waals surface area contributed by atoms with Crippen molar-refractivity contribution in [2.75, 3.05) is 21.3 Å². The number of rotatable bonds is 5. The Morgan fingerprint density at radius 3 is 2.37 bits per heavy atom. The summed E-state index contributed by atoms with van der Waals surface area (Å²) >= 11 is 1.34. The molecule has 0 saturated carbocycles. The Bertz CT molecular complexity index is 589. The summed E-state index contributed by atoms with van der Waals surface area (Å²) in [7, 11) is 4.63. The Morgan fingerprint density at radius 2 is 1.74 bits per heavy atom. The Balaban J connectivity index is 2.48. The molecular formula is C14H14O4S. The third-order valence-corrected chi connectivity index (χ3v) is 3.60. The van der Waals surface area contributed by atoms with Gasteiger partial charge in [0.25, 0.3) is 0 Å². The van der Waals surface area contributed by atoms with E-state index in [0.717, 1.165) is 0 Å². The van der Waals surface area contributed by atoms with Crippen LogP contribution in [0.5, 0.6) is 17.2 Å². The highest BCUT2D eigenvalue weighted by molar-refractivity contribution is 7.12. The number of hydrogen-bond donors (Lipinski definition) is 0. The van der Waals surface area contributed by atoms with Gasteiger partial charge in [0.15, 0.2) is 0 Å². The minimum absolute atomic E-state index is 0.136. The van der Waals surface area contributed by atoms with Gasteiger partial charge in [-0.1, -0.05) is 0 Å². The Hall–Kier alpha value is -2.01. The zero-order valence-corrected chi connectivity index (χ0v) is 11.7. The molecule has 1 heterocycles. The van der Waals surface area contributed by atoms with Gasteiger partial charge in [0.2, 0.25) is 5.78 Å². The number of thiophene rings is 1. The zero-order valence-electron chi connectivity index (χ0n) is 10.9. The number of benzene rings is 1. The summed E-state index contributed by atoms with van der Waals surface area (Å²) in [4.78, 5) is 13.1. The number of carbonyl (C=O) groups is 1. The van der Waals surface area contributed by atoms with E-state index in [1.165, 1.54) is 18.4 Å². The fourth-order valence-electron chi connectivity index (χ4n) is 1.74. The lowest BCUT2D eigenvalue weighted by Gasteiger charge is -2.09. The number of carbonyl (C=O) groups excluding carboxylic acids is 1. The van der Waals surface area contributed by atoms with E-state index >= 15 is 0 Å². The second kappa shape index (κ2) is 5.75. The second-order valence-electron chi connectivity index (χ2n) is 3.71. The molecule has 0 amide bonds. The lowest BCUT2D eigenvalue weighted by atomic mass is 10.1. The summed E-state index contributed by atoms with van der Waals surface area (Å²) in [6.07, 6.45) is 0. The molecule has 0 aliphatic carbocycles. The van der Waals surface area contributed by atoms with Crippen LogP contribution in [-0.2, 0) is 0 Å². The predicted molar refractivity (Wildman–Crippen MR) is 73.8 cm³/mol. The van der Waals surface area contributed by atoms with E-state index in [4.69, 9.17) is 14.2 Å². The van der Waals surface area contributed by atoms with Crippen LogP contribution in [0.4, 0.5) is 0 Å². The summed E-state index contributed by atoms with van der Waals surface area (Å²) in [6.45, 7) is 0. The maximum Gasteiger partial charge on any atom is 0.210 e. The van der Waals surface area contributed by atoms with Gasteiger partial charge in [0, 0.05) is 0 Å². The molecule has 19 heavy (non-hydrogen) atoms. The van der Waals surface area contributed by atoms with Crippen molar-refractivity contribution in [3.63, 3.8) is 0 Å². The van der Waals surface area contributed by atoms with Crippen LogP contribution in [0.3, 0.4) is 0 Å². The summed E-state index contributed by atoms with van der Waals surface area (Å²) in [5.74, 6) is 1.56. The van der Waals surface area contributed by atoms with E-state index < -0.39 is 0 Å². The monoisotopic (exact) mass is 278 g/mol. The van der Waals surface area contributed by atoms with Crippen molar-refractivity contribution in [3.05, 3.63) is 40.1 Å². The lowest BCUT2D eigenvalue weighted by Crippen LogP contribution is -2.04. The van der Waals surface area contributed by atoms with E-state index in [1.54, 1.807) is 38.5 Å². The molecule has 1 aromatic heterocycles. The first-order chi connectivity index (χ1) is 9.21. The zero-order chi connectivity index (χ0) is 13.8. The second-order valence-corrected chi connectivity index (χ2v) is 4.63. The van der Waals surface area contributed by atoms with Crippen molar-refractivity contribution in [1.82, 2.24) is 0 Å². The first kappa shape index (κ1) is 13.4. The van der Waals surface area contributed by atoms with Crippen LogP contribution in [-0.4, -0.2) is 27.1 Å². The van der Waals surface area contributed by atoms with Gasteiger partial charge in [-0.2, -0.15) is 0 Å². The molecule has 0 N–H and O–H groups in total. The molecule has 100 valence electrons. The quantitative estimate of drug-likeness (QED) is 0.789. The maximum atomic E-state index is 12.5. The number of methoxy groups -OCH3 is 3. The van der Waals surface area contributed by atoms with Gasteiger partial charge < -0.3 is 14.2 Å². The molecule has 0 radical (unpaired) electrons. The molecule has 2 rings (SSSR count). The van der Waals surface area contributed by atoms with E-state index in [2.05, 4.69) is 0 Å². The normalized spacial score (nSPS) is 10.1. The molecule has 0 spiro atoms. The third kappa shape index (κ3) is 2.56. The summed E-state index contributed by atoms with van der Waals surface area (Å²) in [5, 5.41) is 1.82. The lowest BCUT2D eigenvalue weighted by molar-refractivity contribution is 0.103. The molecule has 0 aliphatic heterocycles. The van der Waals surface area contributed by atoms with Crippen molar-refractivity contribution in [2.24, 2.45) is 0 Å². The fraction of sp³-hybridized carbons (Fsp3) is 0.214. The highest BCUT2D eigenvalue weighted by Gasteiger charge is 2.20. The molecule has 0 saturated heterocycles. The van der Waals surface area contributed by atoms with Gasteiger partial charge in [-0.15, -0.1) is 11.3 Å². The number of ether oxygens (including phenoxy) is 3.